The molecule has 0 radical (unpaired) electrons. The Bertz CT molecular complexity index is 1040. The van der Waals surface area contributed by atoms with E-state index in [1.54, 1.807) is 42.5 Å². The maximum absolute atomic E-state index is 14.5. The maximum Gasteiger partial charge on any atom is 0.407 e. The Balaban J connectivity index is 0.000000286. The number of imide groups is 1. The number of hydrogen-bond donors (Lipinski definition) is 2. The lowest BCUT2D eigenvalue weighted by molar-refractivity contribution is -0.141. The number of aromatic carboxylic acids is 1. The zero-order valence-electron chi connectivity index (χ0n) is 17.6. The standard InChI is InChI=1S/C16H16F2N2O4.C7H6O2/c1-9-6-19(15(23)24)7-10(16(9,17)18)8-20-13(21)11-4-2-3-5-12(11)14(20)22;8-7(9)6-4-2-1-3-5-6/h2-5,9-10H,6-8H2,1H3,(H,23,24);1-5H,(H,8,9). The number of fused-ring (bicyclic) bond motifs is 1. The molecule has 2 aromatic carbocycles. The van der Waals surface area contributed by atoms with Crippen LogP contribution < -0.4 is 0 Å². The van der Waals surface area contributed by atoms with Crippen LogP contribution in [0.25, 0.3) is 0 Å². The van der Waals surface area contributed by atoms with E-state index in [9.17, 15) is 28.0 Å². The monoisotopic (exact) mass is 460 g/mol. The molecule has 0 aliphatic carbocycles. The van der Waals surface area contributed by atoms with E-state index in [-0.39, 0.29) is 17.7 Å². The summed E-state index contributed by atoms with van der Waals surface area (Å²) in [7, 11) is 0. The highest BCUT2D eigenvalue weighted by Gasteiger charge is 2.52. The molecule has 0 aromatic heterocycles. The second kappa shape index (κ2) is 9.35. The molecule has 0 spiro atoms. The fourth-order valence-corrected chi connectivity index (χ4v) is 3.86. The second-order valence-electron chi connectivity index (χ2n) is 7.90. The Morgan fingerprint density at radius 3 is 1.91 bits per heavy atom. The Morgan fingerprint density at radius 2 is 1.45 bits per heavy atom. The summed E-state index contributed by atoms with van der Waals surface area (Å²) in [5.74, 6) is -7.91. The summed E-state index contributed by atoms with van der Waals surface area (Å²) in [5, 5.41) is 17.5. The third-order valence-electron chi connectivity index (χ3n) is 5.71. The molecular weight excluding hydrogens is 438 g/mol. The van der Waals surface area contributed by atoms with E-state index < -0.39 is 54.7 Å². The molecule has 8 nitrogen and oxygen atoms in total. The number of benzene rings is 2. The average Bonchev–Trinajstić information content (AvgIpc) is 3.03. The van der Waals surface area contributed by atoms with Crippen molar-refractivity contribution < 1.29 is 38.2 Å². The largest absolute Gasteiger partial charge is 0.478 e. The summed E-state index contributed by atoms with van der Waals surface area (Å²) in [5.41, 5.74) is 0.701. The number of carbonyl (C=O) groups is 4. The molecule has 1 saturated heterocycles. The first-order valence-corrected chi connectivity index (χ1v) is 10.1. The predicted octanol–water partition coefficient (Wildman–Crippen LogP) is 3.55. The minimum atomic E-state index is -3.17. The van der Waals surface area contributed by atoms with Gasteiger partial charge in [0.1, 0.15) is 0 Å². The van der Waals surface area contributed by atoms with Gasteiger partial charge in [-0.1, -0.05) is 37.3 Å². The quantitative estimate of drug-likeness (QED) is 0.677. The minimum absolute atomic E-state index is 0.185. The van der Waals surface area contributed by atoms with Gasteiger partial charge in [-0.25, -0.2) is 18.4 Å². The molecule has 2 N–H and O–H groups in total. The van der Waals surface area contributed by atoms with Gasteiger partial charge in [0.2, 0.25) is 0 Å². The van der Waals surface area contributed by atoms with E-state index in [4.69, 9.17) is 10.2 Å². The fourth-order valence-electron chi connectivity index (χ4n) is 3.86. The molecule has 0 saturated carbocycles. The highest BCUT2D eigenvalue weighted by Crippen LogP contribution is 2.39. The van der Waals surface area contributed by atoms with Crippen LogP contribution in [0.5, 0.6) is 0 Å². The van der Waals surface area contributed by atoms with Crippen molar-refractivity contribution in [3.05, 3.63) is 71.3 Å². The Labute approximate surface area is 188 Å². The molecule has 174 valence electrons. The van der Waals surface area contributed by atoms with Gasteiger partial charge in [-0.3, -0.25) is 14.5 Å². The second-order valence-corrected chi connectivity index (χ2v) is 7.90. The van der Waals surface area contributed by atoms with Gasteiger partial charge >= 0.3 is 12.1 Å². The predicted molar refractivity (Wildman–Crippen MR) is 112 cm³/mol. The van der Waals surface area contributed by atoms with E-state index >= 15 is 0 Å². The third kappa shape index (κ3) is 4.84. The number of nitrogens with zero attached hydrogens (tertiary/aromatic N) is 2. The summed E-state index contributed by atoms with van der Waals surface area (Å²) in [6, 6.07) is 14.4. The molecule has 10 heteroatoms. The van der Waals surface area contributed by atoms with E-state index in [0.29, 0.717) is 5.56 Å². The highest BCUT2D eigenvalue weighted by molar-refractivity contribution is 6.21. The smallest absolute Gasteiger partial charge is 0.407 e. The summed E-state index contributed by atoms with van der Waals surface area (Å²) in [6.07, 6.45) is -1.29. The van der Waals surface area contributed by atoms with Gasteiger partial charge in [0.15, 0.2) is 0 Å². The zero-order chi connectivity index (χ0) is 24.3. The first-order chi connectivity index (χ1) is 15.5. The topological polar surface area (TPSA) is 115 Å². The Hall–Kier alpha value is -3.82. The van der Waals surface area contributed by atoms with Crippen molar-refractivity contribution >= 4 is 23.9 Å². The number of amides is 3. The molecule has 0 bridgehead atoms. The maximum atomic E-state index is 14.5. The van der Waals surface area contributed by atoms with Crippen LogP contribution in [0.2, 0.25) is 0 Å². The van der Waals surface area contributed by atoms with Gasteiger partial charge < -0.3 is 15.1 Å². The number of alkyl halides is 2. The molecule has 1 fully saturated rings. The molecule has 2 heterocycles. The SMILES string of the molecule is CC1CN(C(=O)O)CC(CN2C(=O)c3ccccc3C2=O)C1(F)F.O=C(O)c1ccccc1. The van der Waals surface area contributed by atoms with Gasteiger partial charge in [-0.05, 0) is 24.3 Å². The fraction of sp³-hybridized carbons (Fsp3) is 0.304. The van der Waals surface area contributed by atoms with Crippen molar-refractivity contribution in [3.63, 3.8) is 0 Å². The Morgan fingerprint density at radius 1 is 0.939 bits per heavy atom. The van der Waals surface area contributed by atoms with Gasteiger partial charge in [0, 0.05) is 25.6 Å². The number of carbonyl (C=O) groups excluding carboxylic acids is 2. The van der Waals surface area contributed by atoms with Crippen molar-refractivity contribution in [1.82, 2.24) is 9.80 Å². The molecule has 2 aliphatic heterocycles. The third-order valence-corrected chi connectivity index (χ3v) is 5.71. The number of hydrogen-bond acceptors (Lipinski definition) is 4. The first kappa shape index (κ1) is 23.8. The molecule has 33 heavy (non-hydrogen) atoms. The lowest BCUT2D eigenvalue weighted by Crippen LogP contribution is -2.57. The molecule has 3 amide bonds. The van der Waals surface area contributed by atoms with Crippen LogP contribution in [0, 0.1) is 11.8 Å². The van der Waals surface area contributed by atoms with Crippen LogP contribution in [0.4, 0.5) is 13.6 Å². The van der Waals surface area contributed by atoms with Gasteiger partial charge in [-0.2, -0.15) is 0 Å². The van der Waals surface area contributed by atoms with E-state index in [0.717, 1.165) is 9.80 Å². The summed E-state index contributed by atoms with van der Waals surface area (Å²) < 4.78 is 28.9. The number of piperidine rings is 1. The highest BCUT2D eigenvalue weighted by atomic mass is 19.3. The minimum Gasteiger partial charge on any atom is -0.478 e. The van der Waals surface area contributed by atoms with Crippen LogP contribution in [0.3, 0.4) is 0 Å². The first-order valence-electron chi connectivity index (χ1n) is 10.1. The van der Waals surface area contributed by atoms with Crippen LogP contribution in [0.1, 0.15) is 38.0 Å². The van der Waals surface area contributed by atoms with Crippen molar-refractivity contribution in [2.75, 3.05) is 19.6 Å². The molecule has 2 unspecified atom stereocenters. The van der Waals surface area contributed by atoms with Crippen LogP contribution in [-0.2, 0) is 0 Å². The van der Waals surface area contributed by atoms with Crippen molar-refractivity contribution in [2.24, 2.45) is 11.8 Å². The van der Waals surface area contributed by atoms with Crippen LogP contribution >= 0.6 is 0 Å². The van der Waals surface area contributed by atoms with E-state index in [1.807, 2.05) is 0 Å². The van der Waals surface area contributed by atoms with Crippen LogP contribution in [0.15, 0.2) is 54.6 Å². The van der Waals surface area contributed by atoms with Crippen molar-refractivity contribution in [3.8, 4) is 0 Å². The van der Waals surface area contributed by atoms with Gasteiger partial charge in [-0.15, -0.1) is 0 Å². The number of halogens is 2. The summed E-state index contributed by atoms with van der Waals surface area (Å²) in [6.45, 7) is 0.0684. The lowest BCUT2D eigenvalue weighted by atomic mass is 9.85. The molecular formula is C23H22F2N2O6. The van der Waals surface area contributed by atoms with Crippen molar-refractivity contribution in [1.29, 1.82) is 0 Å². The van der Waals surface area contributed by atoms with Crippen molar-refractivity contribution in [2.45, 2.75) is 12.8 Å². The molecule has 2 atom stereocenters. The number of carboxylic acids is 1. The van der Waals surface area contributed by atoms with E-state index in [2.05, 4.69) is 0 Å². The van der Waals surface area contributed by atoms with Gasteiger partial charge in [0.25, 0.3) is 17.7 Å². The summed E-state index contributed by atoms with van der Waals surface area (Å²) >= 11 is 0. The van der Waals surface area contributed by atoms with E-state index in [1.165, 1.54) is 19.1 Å². The zero-order valence-corrected chi connectivity index (χ0v) is 17.6. The lowest BCUT2D eigenvalue weighted by Gasteiger charge is -2.42. The Kier molecular flexibility index (Phi) is 6.75. The van der Waals surface area contributed by atoms with Gasteiger partial charge in [0.05, 0.1) is 22.6 Å². The molecule has 2 aromatic rings. The number of likely N-dealkylation sites (tertiary alicyclic amines) is 1. The summed E-state index contributed by atoms with van der Waals surface area (Å²) in [4.78, 5) is 47.7. The number of rotatable bonds is 3. The molecule has 4 rings (SSSR count). The average molecular weight is 460 g/mol. The normalized spacial score (nSPS) is 21.2. The number of carboxylic acid groups (broad SMARTS) is 2. The van der Waals surface area contributed by atoms with Crippen LogP contribution in [-0.4, -0.2) is 69.4 Å². The molecule has 2 aliphatic rings.